The van der Waals surface area contributed by atoms with Gasteiger partial charge in [-0.25, -0.2) is 0 Å². The van der Waals surface area contributed by atoms with E-state index in [9.17, 15) is 0 Å². The Bertz CT molecular complexity index is 175. The Morgan fingerprint density at radius 1 is 0.733 bits per heavy atom. The summed E-state index contributed by atoms with van der Waals surface area (Å²) in [6, 6.07) is 0. The van der Waals surface area contributed by atoms with Crippen LogP contribution in [0.4, 0.5) is 0 Å². The largest absolute Gasteiger partial charge is 0.0599 e. The maximum absolute atomic E-state index is 2.45. The average Bonchev–Trinajstić information content (AvgIpc) is 1.95. The van der Waals surface area contributed by atoms with Crippen molar-refractivity contribution in [2.24, 2.45) is 23.2 Å². The predicted molar refractivity (Wildman–Crippen MR) is 66.9 cm³/mol. The minimum absolute atomic E-state index is 0.547. The van der Waals surface area contributed by atoms with Crippen molar-refractivity contribution in [3.8, 4) is 0 Å². The highest BCUT2D eigenvalue weighted by atomic mass is 14.4. The SMILES string of the molecule is CC(C)(C)C1CC2CCCC(CCC2)C1. The number of hydrogen-bond acceptors (Lipinski definition) is 0. The van der Waals surface area contributed by atoms with Gasteiger partial charge in [0.2, 0.25) is 0 Å². The van der Waals surface area contributed by atoms with Crippen LogP contribution in [-0.4, -0.2) is 0 Å². The molecule has 0 aliphatic heterocycles. The molecule has 3 fully saturated rings. The third kappa shape index (κ3) is 2.98. The molecule has 3 aliphatic rings. The molecule has 0 heterocycles. The predicted octanol–water partition coefficient (Wildman–Crippen LogP) is 5.03. The quantitative estimate of drug-likeness (QED) is 0.524. The van der Waals surface area contributed by atoms with Crippen LogP contribution in [0.1, 0.15) is 72.1 Å². The molecule has 0 saturated heterocycles. The Morgan fingerprint density at radius 3 is 1.47 bits per heavy atom. The van der Waals surface area contributed by atoms with Crippen molar-refractivity contribution < 1.29 is 0 Å². The van der Waals surface area contributed by atoms with Gasteiger partial charge in [0.05, 0.1) is 0 Å². The molecular weight excluding hydrogens is 180 g/mol. The first-order chi connectivity index (χ1) is 7.05. The summed E-state index contributed by atoms with van der Waals surface area (Å²) in [6.07, 6.45) is 12.2. The summed E-state index contributed by atoms with van der Waals surface area (Å²) in [7, 11) is 0. The molecule has 0 radical (unpaired) electrons. The molecule has 3 aliphatic carbocycles. The lowest BCUT2D eigenvalue weighted by Gasteiger charge is -2.40. The average molecular weight is 208 g/mol. The van der Waals surface area contributed by atoms with Gasteiger partial charge < -0.3 is 0 Å². The summed E-state index contributed by atoms with van der Waals surface area (Å²) in [5.41, 5.74) is 0.547. The molecule has 0 heteroatoms. The van der Waals surface area contributed by atoms with E-state index >= 15 is 0 Å². The van der Waals surface area contributed by atoms with Gasteiger partial charge in [-0.15, -0.1) is 0 Å². The Labute approximate surface area is 95.8 Å². The van der Waals surface area contributed by atoms with Gasteiger partial charge in [0.25, 0.3) is 0 Å². The third-order valence-corrected chi connectivity index (χ3v) is 4.91. The van der Waals surface area contributed by atoms with E-state index in [1.807, 2.05) is 0 Å². The van der Waals surface area contributed by atoms with E-state index in [-0.39, 0.29) is 0 Å². The molecule has 0 amide bonds. The van der Waals surface area contributed by atoms with Gasteiger partial charge in [-0.05, 0) is 36.0 Å². The molecule has 0 aromatic rings. The van der Waals surface area contributed by atoms with Crippen LogP contribution >= 0.6 is 0 Å². The molecule has 2 bridgehead atoms. The second kappa shape index (κ2) is 4.47. The molecule has 88 valence electrons. The zero-order chi connectivity index (χ0) is 10.9. The monoisotopic (exact) mass is 208 g/mol. The van der Waals surface area contributed by atoms with Crippen molar-refractivity contribution in [3.05, 3.63) is 0 Å². The zero-order valence-electron chi connectivity index (χ0n) is 10.9. The van der Waals surface area contributed by atoms with Gasteiger partial charge in [-0.3, -0.25) is 0 Å². The zero-order valence-corrected chi connectivity index (χ0v) is 10.9. The molecule has 0 unspecified atom stereocenters. The summed E-state index contributed by atoms with van der Waals surface area (Å²) in [5.74, 6) is 3.12. The van der Waals surface area contributed by atoms with Crippen LogP contribution in [0.2, 0.25) is 0 Å². The summed E-state index contributed by atoms with van der Waals surface area (Å²) in [4.78, 5) is 0. The summed E-state index contributed by atoms with van der Waals surface area (Å²) >= 11 is 0. The molecule has 0 nitrogen and oxygen atoms in total. The number of rotatable bonds is 0. The molecule has 15 heavy (non-hydrogen) atoms. The van der Waals surface area contributed by atoms with Gasteiger partial charge in [0.1, 0.15) is 0 Å². The standard InChI is InChI=1S/C15H28/c1-15(2,3)14-10-12-6-4-7-13(11-14)9-5-8-12/h12-14H,4-11H2,1-3H3. The second-order valence-electron chi connectivity index (χ2n) is 7.13. The highest BCUT2D eigenvalue weighted by Crippen LogP contribution is 2.44. The fourth-order valence-electron chi connectivity index (χ4n) is 3.76. The molecule has 3 saturated carbocycles. The normalized spacial score (nSPS) is 38.2. The summed E-state index contributed by atoms with van der Waals surface area (Å²) in [6.45, 7) is 7.36. The van der Waals surface area contributed by atoms with Crippen molar-refractivity contribution >= 4 is 0 Å². The molecule has 0 aromatic heterocycles. The maximum Gasteiger partial charge on any atom is -0.0354 e. The number of hydrogen-bond donors (Lipinski definition) is 0. The third-order valence-electron chi connectivity index (χ3n) is 4.91. The molecule has 0 N–H and O–H groups in total. The lowest BCUT2D eigenvalue weighted by molar-refractivity contribution is 0.109. The fraction of sp³-hybridized carbons (Fsp3) is 1.00. The van der Waals surface area contributed by atoms with E-state index in [2.05, 4.69) is 20.8 Å². The first-order valence-electron chi connectivity index (χ1n) is 7.05. The van der Waals surface area contributed by atoms with Crippen LogP contribution in [-0.2, 0) is 0 Å². The van der Waals surface area contributed by atoms with E-state index in [4.69, 9.17) is 0 Å². The lowest BCUT2D eigenvalue weighted by Crippen LogP contribution is -2.29. The van der Waals surface area contributed by atoms with Crippen LogP contribution < -0.4 is 0 Å². The Balaban J connectivity index is 2.08. The lowest BCUT2D eigenvalue weighted by atomic mass is 9.65. The highest BCUT2D eigenvalue weighted by molar-refractivity contribution is 4.84. The maximum atomic E-state index is 2.45. The molecule has 0 spiro atoms. The van der Waals surface area contributed by atoms with Gasteiger partial charge >= 0.3 is 0 Å². The summed E-state index contributed by atoms with van der Waals surface area (Å²) < 4.78 is 0. The summed E-state index contributed by atoms with van der Waals surface area (Å²) in [5, 5.41) is 0. The van der Waals surface area contributed by atoms with Crippen molar-refractivity contribution in [2.45, 2.75) is 72.1 Å². The van der Waals surface area contributed by atoms with Gasteiger partial charge in [-0.1, -0.05) is 59.3 Å². The first-order valence-corrected chi connectivity index (χ1v) is 7.05. The smallest absolute Gasteiger partial charge is 0.0354 e. The van der Waals surface area contributed by atoms with Crippen LogP contribution in [0.3, 0.4) is 0 Å². The van der Waals surface area contributed by atoms with E-state index in [0.717, 1.165) is 17.8 Å². The van der Waals surface area contributed by atoms with Crippen molar-refractivity contribution in [1.82, 2.24) is 0 Å². The van der Waals surface area contributed by atoms with Crippen molar-refractivity contribution in [2.75, 3.05) is 0 Å². The fourth-order valence-corrected chi connectivity index (χ4v) is 3.76. The number of fused-ring (bicyclic) bond motifs is 6. The van der Waals surface area contributed by atoms with Crippen LogP contribution in [0.25, 0.3) is 0 Å². The highest BCUT2D eigenvalue weighted by Gasteiger charge is 2.32. The van der Waals surface area contributed by atoms with Crippen molar-refractivity contribution in [1.29, 1.82) is 0 Å². The minimum Gasteiger partial charge on any atom is -0.0599 e. The van der Waals surface area contributed by atoms with E-state index in [0.29, 0.717) is 5.41 Å². The van der Waals surface area contributed by atoms with Crippen LogP contribution in [0.15, 0.2) is 0 Å². The van der Waals surface area contributed by atoms with E-state index < -0.39 is 0 Å². The van der Waals surface area contributed by atoms with Gasteiger partial charge in [0.15, 0.2) is 0 Å². The molecule has 3 rings (SSSR count). The van der Waals surface area contributed by atoms with E-state index in [1.165, 1.54) is 51.4 Å². The Kier molecular flexibility index (Phi) is 3.42. The van der Waals surface area contributed by atoms with Gasteiger partial charge in [0, 0.05) is 0 Å². The second-order valence-corrected chi connectivity index (χ2v) is 7.13. The minimum atomic E-state index is 0.547. The molecule has 0 atom stereocenters. The van der Waals surface area contributed by atoms with Gasteiger partial charge in [-0.2, -0.15) is 0 Å². The molecule has 0 aromatic carbocycles. The van der Waals surface area contributed by atoms with Crippen molar-refractivity contribution in [3.63, 3.8) is 0 Å². The van der Waals surface area contributed by atoms with Crippen LogP contribution in [0, 0.1) is 23.2 Å². The molecular formula is C15H28. The van der Waals surface area contributed by atoms with E-state index in [1.54, 1.807) is 0 Å². The van der Waals surface area contributed by atoms with Crippen LogP contribution in [0.5, 0.6) is 0 Å². The Hall–Kier alpha value is 0. The first kappa shape index (κ1) is 11.5. The Morgan fingerprint density at radius 2 is 1.13 bits per heavy atom. The topological polar surface area (TPSA) is 0 Å².